The molecule has 0 unspecified atom stereocenters. The zero-order chi connectivity index (χ0) is 15.7. The van der Waals surface area contributed by atoms with Crippen LogP contribution in [-0.2, 0) is 22.5 Å². The van der Waals surface area contributed by atoms with E-state index in [4.69, 9.17) is 9.26 Å². The van der Waals surface area contributed by atoms with Crippen LogP contribution >= 0.6 is 0 Å². The minimum Gasteiger partial charge on any atom is -0.469 e. The SMILES string of the molecule is CCCCc1noc(CNCC(CC)(CC)C(=O)OC)n1. The second kappa shape index (κ2) is 8.77. The van der Waals surface area contributed by atoms with Crippen LogP contribution < -0.4 is 5.32 Å². The molecule has 1 rings (SSSR count). The number of ether oxygens (including phenoxy) is 1. The Morgan fingerprint density at radius 3 is 2.62 bits per heavy atom. The molecule has 0 fully saturated rings. The minimum absolute atomic E-state index is 0.172. The van der Waals surface area contributed by atoms with Gasteiger partial charge in [-0.1, -0.05) is 32.3 Å². The van der Waals surface area contributed by atoms with Crippen molar-refractivity contribution in [2.45, 2.75) is 59.4 Å². The first kappa shape index (κ1) is 17.6. The minimum atomic E-state index is -0.486. The van der Waals surface area contributed by atoms with Crippen LogP contribution in [0.3, 0.4) is 0 Å². The van der Waals surface area contributed by atoms with E-state index in [2.05, 4.69) is 22.4 Å². The Morgan fingerprint density at radius 1 is 1.33 bits per heavy atom. The van der Waals surface area contributed by atoms with E-state index in [1.807, 2.05) is 13.8 Å². The topological polar surface area (TPSA) is 77.2 Å². The van der Waals surface area contributed by atoms with Crippen LogP contribution in [0.1, 0.15) is 58.2 Å². The zero-order valence-electron chi connectivity index (χ0n) is 13.6. The molecule has 21 heavy (non-hydrogen) atoms. The van der Waals surface area contributed by atoms with Gasteiger partial charge in [-0.15, -0.1) is 0 Å². The number of hydrogen-bond acceptors (Lipinski definition) is 6. The quantitative estimate of drug-likeness (QED) is 0.669. The first-order chi connectivity index (χ1) is 10.1. The molecule has 0 amide bonds. The number of carbonyl (C=O) groups is 1. The molecule has 1 heterocycles. The van der Waals surface area contributed by atoms with Gasteiger partial charge in [0.15, 0.2) is 5.82 Å². The van der Waals surface area contributed by atoms with Crippen molar-refractivity contribution < 1.29 is 14.1 Å². The Labute approximate surface area is 126 Å². The number of nitrogens with zero attached hydrogens (tertiary/aromatic N) is 2. The maximum absolute atomic E-state index is 11.9. The summed E-state index contributed by atoms with van der Waals surface area (Å²) in [5, 5.41) is 7.17. The number of aromatic nitrogens is 2. The summed E-state index contributed by atoms with van der Waals surface area (Å²) in [5.41, 5.74) is -0.486. The average Bonchev–Trinajstić information content (AvgIpc) is 2.97. The Bertz CT molecular complexity index is 428. The molecule has 1 N–H and O–H groups in total. The third-order valence-corrected chi connectivity index (χ3v) is 3.98. The lowest BCUT2D eigenvalue weighted by Gasteiger charge is -2.28. The van der Waals surface area contributed by atoms with Crippen molar-refractivity contribution in [3.8, 4) is 0 Å². The number of aryl methyl sites for hydroxylation is 1. The number of carbonyl (C=O) groups excluding carboxylic acids is 1. The predicted molar refractivity (Wildman–Crippen MR) is 79.6 cm³/mol. The third kappa shape index (κ3) is 4.81. The smallest absolute Gasteiger partial charge is 0.313 e. The van der Waals surface area contributed by atoms with Crippen LogP contribution in [0.5, 0.6) is 0 Å². The normalized spacial score (nSPS) is 11.6. The highest BCUT2D eigenvalue weighted by atomic mass is 16.5. The van der Waals surface area contributed by atoms with Crippen LogP contribution in [-0.4, -0.2) is 29.8 Å². The van der Waals surface area contributed by atoms with Crippen LogP contribution in [0.15, 0.2) is 4.52 Å². The monoisotopic (exact) mass is 297 g/mol. The molecule has 0 saturated heterocycles. The van der Waals surface area contributed by atoms with E-state index in [1.54, 1.807) is 0 Å². The fraction of sp³-hybridized carbons (Fsp3) is 0.800. The molecule has 6 nitrogen and oxygen atoms in total. The molecule has 0 aliphatic carbocycles. The summed E-state index contributed by atoms with van der Waals surface area (Å²) in [4.78, 5) is 16.3. The molecule has 0 aliphatic heterocycles. The summed E-state index contributed by atoms with van der Waals surface area (Å²) in [5.74, 6) is 1.14. The van der Waals surface area contributed by atoms with E-state index >= 15 is 0 Å². The van der Waals surface area contributed by atoms with Gasteiger partial charge in [-0.2, -0.15) is 4.98 Å². The van der Waals surface area contributed by atoms with Gasteiger partial charge in [-0.25, -0.2) is 0 Å². The second-order valence-electron chi connectivity index (χ2n) is 5.29. The first-order valence-electron chi connectivity index (χ1n) is 7.72. The molecular formula is C15H27N3O3. The largest absolute Gasteiger partial charge is 0.469 e. The molecule has 0 aliphatic rings. The Morgan fingerprint density at radius 2 is 2.05 bits per heavy atom. The first-order valence-corrected chi connectivity index (χ1v) is 7.72. The van der Waals surface area contributed by atoms with Crippen LogP contribution in [0, 0.1) is 5.41 Å². The van der Waals surface area contributed by atoms with Gasteiger partial charge < -0.3 is 14.6 Å². The summed E-state index contributed by atoms with van der Waals surface area (Å²) in [6.07, 6.45) is 4.47. The second-order valence-corrected chi connectivity index (χ2v) is 5.29. The van der Waals surface area contributed by atoms with Crippen molar-refractivity contribution in [2.24, 2.45) is 5.41 Å². The lowest BCUT2D eigenvalue weighted by molar-refractivity contribution is -0.153. The molecule has 0 radical (unpaired) electrons. The molecule has 0 aromatic carbocycles. The van der Waals surface area contributed by atoms with Crippen molar-refractivity contribution in [3.63, 3.8) is 0 Å². The Kier molecular flexibility index (Phi) is 7.36. The van der Waals surface area contributed by atoms with Gasteiger partial charge in [0.25, 0.3) is 0 Å². The number of unbranched alkanes of at least 4 members (excludes halogenated alkanes) is 1. The number of nitrogens with one attached hydrogen (secondary N) is 1. The maximum Gasteiger partial charge on any atom is 0.313 e. The van der Waals surface area contributed by atoms with Gasteiger partial charge in [-0.05, 0) is 19.3 Å². The summed E-state index contributed by atoms with van der Waals surface area (Å²) in [6, 6.07) is 0. The van der Waals surface area contributed by atoms with Crippen molar-refractivity contribution >= 4 is 5.97 Å². The number of esters is 1. The number of methoxy groups -OCH3 is 1. The number of rotatable bonds is 10. The van der Waals surface area contributed by atoms with Crippen molar-refractivity contribution in [2.75, 3.05) is 13.7 Å². The molecule has 0 spiro atoms. The third-order valence-electron chi connectivity index (χ3n) is 3.98. The van der Waals surface area contributed by atoms with Gasteiger partial charge in [0.1, 0.15) is 0 Å². The highest BCUT2D eigenvalue weighted by molar-refractivity contribution is 5.76. The van der Waals surface area contributed by atoms with Crippen molar-refractivity contribution in [1.29, 1.82) is 0 Å². The summed E-state index contributed by atoms with van der Waals surface area (Å²) in [7, 11) is 1.43. The molecule has 0 bridgehead atoms. The van der Waals surface area contributed by atoms with Crippen molar-refractivity contribution in [3.05, 3.63) is 11.7 Å². The fourth-order valence-electron chi connectivity index (χ4n) is 2.28. The highest BCUT2D eigenvalue weighted by Gasteiger charge is 2.35. The molecular weight excluding hydrogens is 270 g/mol. The standard InChI is InChI=1S/C15H27N3O3/c1-5-8-9-12-17-13(21-18-12)10-16-11-15(6-2,7-3)14(19)20-4/h16H,5-11H2,1-4H3. The number of hydrogen-bond donors (Lipinski definition) is 1. The Hall–Kier alpha value is -1.43. The molecule has 0 saturated carbocycles. The Balaban J connectivity index is 2.50. The molecule has 0 atom stereocenters. The van der Waals surface area contributed by atoms with Crippen LogP contribution in [0.2, 0.25) is 0 Å². The van der Waals surface area contributed by atoms with Crippen LogP contribution in [0.25, 0.3) is 0 Å². The van der Waals surface area contributed by atoms with E-state index in [1.165, 1.54) is 7.11 Å². The maximum atomic E-state index is 11.9. The fourth-order valence-corrected chi connectivity index (χ4v) is 2.28. The molecule has 120 valence electrons. The molecule has 1 aromatic rings. The predicted octanol–water partition coefficient (Wildman–Crippen LogP) is 2.48. The van der Waals surface area contributed by atoms with E-state index in [-0.39, 0.29) is 5.97 Å². The lowest BCUT2D eigenvalue weighted by Crippen LogP contribution is -2.40. The summed E-state index contributed by atoms with van der Waals surface area (Å²) >= 11 is 0. The lowest BCUT2D eigenvalue weighted by atomic mass is 9.82. The van der Waals surface area contributed by atoms with Crippen LogP contribution in [0.4, 0.5) is 0 Å². The zero-order valence-corrected chi connectivity index (χ0v) is 13.6. The van der Waals surface area contributed by atoms with Gasteiger partial charge in [0, 0.05) is 13.0 Å². The van der Waals surface area contributed by atoms with Gasteiger partial charge in [0.2, 0.25) is 5.89 Å². The highest BCUT2D eigenvalue weighted by Crippen LogP contribution is 2.27. The van der Waals surface area contributed by atoms with E-state index in [9.17, 15) is 4.79 Å². The van der Waals surface area contributed by atoms with Gasteiger partial charge >= 0.3 is 5.97 Å². The average molecular weight is 297 g/mol. The van der Waals surface area contributed by atoms with E-state index < -0.39 is 5.41 Å². The van der Waals surface area contributed by atoms with E-state index in [0.717, 1.165) is 37.9 Å². The molecule has 6 heteroatoms. The van der Waals surface area contributed by atoms with Crippen molar-refractivity contribution in [1.82, 2.24) is 15.5 Å². The summed E-state index contributed by atoms with van der Waals surface area (Å²) in [6.45, 7) is 7.14. The van der Waals surface area contributed by atoms with Gasteiger partial charge in [0.05, 0.1) is 19.1 Å². The van der Waals surface area contributed by atoms with E-state index in [0.29, 0.717) is 19.0 Å². The molecule has 1 aromatic heterocycles. The van der Waals surface area contributed by atoms with Gasteiger partial charge in [-0.3, -0.25) is 4.79 Å². The summed E-state index contributed by atoms with van der Waals surface area (Å²) < 4.78 is 10.1.